The molecule has 1 heterocycles. The van der Waals surface area contributed by atoms with Gasteiger partial charge in [0, 0.05) is 11.7 Å². The van der Waals surface area contributed by atoms with Crippen LogP contribution in [0.15, 0.2) is 48.5 Å². The van der Waals surface area contributed by atoms with Crippen LogP contribution in [-0.4, -0.2) is 38.1 Å². The van der Waals surface area contributed by atoms with Gasteiger partial charge in [-0.2, -0.15) is 0 Å². The fourth-order valence-corrected chi connectivity index (χ4v) is 3.94. The smallest absolute Gasteiger partial charge is 0.242 e. The monoisotopic (exact) mass is 394 g/mol. The fourth-order valence-electron chi connectivity index (χ4n) is 3.94. The molecule has 0 aromatic heterocycles. The summed E-state index contributed by atoms with van der Waals surface area (Å²) in [6, 6.07) is 15.3. The number of nitrogens with one attached hydrogen (secondary N) is 1. The van der Waals surface area contributed by atoms with Gasteiger partial charge in [0.05, 0.1) is 13.7 Å². The zero-order valence-electron chi connectivity index (χ0n) is 16.8. The lowest BCUT2D eigenvalue weighted by molar-refractivity contribution is -0.135. The van der Waals surface area contributed by atoms with E-state index in [0.29, 0.717) is 31.7 Å². The zero-order valence-corrected chi connectivity index (χ0v) is 16.8. The Labute approximate surface area is 170 Å². The Hall–Kier alpha value is -3.02. The van der Waals surface area contributed by atoms with E-state index in [4.69, 9.17) is 9.47 Å². The maximum absolute atomic E-state index is 13.3. The first-order valence-corrected chi connectivity index (χ1v) is 10.0. The maximum Gasteiger partial charge on any atom is 0.242 e. The molecule has 0 saturated heterocycles. The average Bonchev–Trinajstić information content (AvgIpc) is 3.48. The molecule has 152 valence electrons. The third-order valence-corrected chi connectivity index (χ3v) is 5.74. The average molecular weight is 394 g/mol. The van der Waals surface area contributed by atoms with Gasteiger partial charge in [-0.3, -0.25) is 9.59 Å². The predicted octanol–water partition coefficient (Wildman–Crippen LogP) is 2.95. The third-order valence-electron chi connectivity index (χ3n) is 5.74. The number of ether oxygens (including phenoxy) is 2. The van der Waals surface area contributed by atoms with Crippen LogP contribution < -0.4 is 19.7 Å². The van der Waals surface area contributed by atoms with Crippen molar-refractivity contribution < 1.29 is 19.1 Å². The topological polar surface area (TPSA) is 67.9 Å². The number of rotatable bonds is 7. The van der Waals surface area contributed by atoms with Gasteiger partial charge in [-0.1, -0.05) is 18.2 Å². The highest BCUT2D eigenvalue weighted by molar-refractivity contribution is 6.15. The van der Waals surface area contributed by atoms with Gasteiger partial charge >= 0.3 is 0 Å². The lowest BCUT2D eigenvalue weighted by atomic mass is 10.0. The Bertz CT molecular complexity index is 905. The standard InChI is InChI=1S/C23H26N2O4/c1-16-15-17-5-3-4-6-20(17)25(16)22(27)23(11-12-23)21(26)24-13-14-29-19-9-7-18(28-2)8-10-19/h3-10,16H,11-15H2,1-2H3,(H,24,26). The van der Waals surface area contributed by atoms with Crippen molar-refractivity contribution in [1.82, 2.24) is 5.32 Å². The molecule has 2 aromatic carbocycles. The molecule has 1 atom stereocenters. The highest BCUT2D eigenvalue weighted by atomic mass is 16.5. The van der Waals surface area contributed by atoms with Gasteiger partial charge in [-0.05, 0) is 62.1 Å². The van der Waals surface area contributed by atoms with Crippen LogP contribution in [-0.2, 0) is 16.0 Å². The summed E-state index contributed by atoms with van der Waals surface area (Å²) in [6.07, 6.45) is 2.03. The van der Waals surface area contributed by atoms with Crippen LogP contribution in [0.2, 0.25) is 0 Å². The maximum atomic E-state index is 13.3. The van der Waals surface area contributed by atoms with Crippen molar-refractivity contribution in [3.8, 4) is 11.5 Å². The predicted molar refractivity (Wildman–Crippen MR) is 110 cm³/mol. The van der Waals surface area contributed by atoms with Gasteiger partial charge in [0.15, 0.2) is 0 Å². The van der Waals surface area contributed by atoms with E-state index >= 15 is 0 Å². The van der Waals surface area contributed by atoms with Crippen molar-refractivity contribution in [2.24, 2.45) is 5.41 Å². The molecule has 1 saturated carbocycles. The molecule has 6 heteroatoms. The fraction of sp³-hybridized carbons (Fsp3) is 0.391. The molecular formula is C23H26N2O4. The highest BCUT2D eigenvalue weighted by Gasteiger charge is 2.59. The second kappa shape index (κ2) is 7.78. The molecule has 1 N–H and O–H groups in total. The normalized spacial score (nSPS) is 18.7. The van der Waals surface area contributed by atoms with Crippen LogP contribution in [0, 0.1) is 5.41 Å². The number of benzene rings is 2. The van der Waals surface area contributed by atoms with Crippen molar-refractivity contribution in [1.29, 1.82) is 0 Å². The van der Waals surface area contributed by atoms with Crippen LogP contribution in [0.25, 0.3) is 0 Å². The molecule has 0 radical (unpaired) electrons. The van der Waals surface area contributed by atoms with E-state index in [1.165, 1.54) is 0 Å². The van der Waals surface area contributed by atoms with Crippen molar-refractivity contribution in [3.05, 3.63) is 54.1 Å². The van der Waals surface area contributed by atoms with Crippen LogP contribution in [0.4, 0.5) is 5.69 Å². The molecule has 1 aliphatic heterocycles. The minimum Gasteiger partial charge on any atom is -0.497 e. The van der Waals surface area contributed by atoms with Crippen LogP contribution in [0.3, 0.4) is 0 Å². The number of hydrogen-bond donors (Lipinski definition) is 1. The van der Waals surface area contributed by atoms with Gasteiger partial charge < -0.3 is 19.7 Å². The summed E-state index contributed by atoms with van der Waals surface area (Å²) in [7, 11) is 1.61. The number of hydrogen-bond acceptors (Lipinski definition) is 4. The lowest BCUT2D eigenvalue weighted by Gasteiger charge is -2.27. The Morgan fingerprint density at radius 1 is 1.10 bits per heavy atom. The van der Waals surface area contributed by atoms with E-state index in [-0.39, 0.29) is 17.9 Å². The molecule has 0 bridgehead atoms. The minimum absolute atomic E-state index is 0.0728. The van der Waals surface area contributed by atoms with Crippen LogP contribution in [0.1, 0.15) is 25.3 Å². The largest absolute Gasteiger partial charge is 0.497 e. The summed E-state index contributed by atoms with van der Waals surface area (Å²) < 4.78 is 10.8. The number of nitrogens with zero attached hydrogens (tertiary/aromatic N) is 1. The van der Waals surface area contributed by atoms with E-state index in [1.807, 2.05) is 54.3 Å². The number of fused-ring (bicyclic) bond motifs is 1. The second-order valence-corrected chi connectivity index (χ2v) is 7.72. The Morgan fingerprint density at radius 3 is 2.48 bits per heavy atom. The zero-order chi connectivity index (χ0) is 20.4. The third kappa shape index (κ3) is 3.67. The molecule has 0 spiro atoms. The Kier molecular flexibility index (Phi) is 5.18. The molecular weight excluding hydrogens is 368 g/mol. The number of amides is 2. The van der Waals surface area contributed by atoms with Crippen molar-refractivity contribution in [3.63, 3.8) is 0 Å². The number of carbonyl (C=O) groups is 2. The summed E-state index contributed by atoms with van der Waals surface area (Å²) in [4.78, 5) is 27.9. The van der Waals surface area contributed by atoms with Crippen LogP contribution in [0.5, 0.6) is 11.5 Å². The van der Waals surface area contributed by atoms with E-state index in [2.05, 4.69) is 11.4 Å². The quantitative estimate of drug-likeness (QED) is 0.579. The number of anilines is 1. The molecule has 2 aliphatic rings. The molecule has 4 rings (SSSR count). The highest BCUT2D eigenvalue weighted by Crippen LogP contribution is 2.49. The van der Waals surface area contributed by atoms with Gasteiger partial charge in [-0.25, -0.2) is 0 Å². The first-order chi connectivity index (χ1) is 14.0. The van der Waals surface area contributed by atoms with E-state index in [9.17, 15) is 9.59 Å². The lowest BCUT2D eigenvalue weighted by Crippen LogP contribution is -2.48. The SMILES string of the molecule is COc1ccc(OCCNC(=O)C2(C(=O)N3c4ccccc4CC3C)CC2)cc1. The number of methoxy groups -OCH3 is 1. The van der Waals surface area contributed by atoms with E-state index < -0.39 is 5.41 Å². The van der Waals surface area contributed by atoms with E-state index in [0.717, 1.165) is 23.4 Å². The van der Waals surface area contributed by atoms with Gasteiger partial charge in [0.2, 0.25) is 11.8 Å². The summed E-state index contributed by atoms with van der Waals surface area (Å²) in [5.74, 6) is 1.19. The molecule has 29 heavy (non-hydrogen) atoms. The molecule has 1 fully saturated rings. The summed E-state index contributed by atoms with van der Waals surface area (Å²) in [5.41, 5.74) is 1.18. The Morgan fingerprint density at radius 2 is 1.79 bits per heavy atom. The summed E-state index contributed by atoms with van der Waals surface area (Å²) >= 11 is 0. The van der Waals surface area contributed by atoms with E-state index in [1.54, 1.807) is 7.11 Å². The number of carbonyl (C=O) groups excluding carboxylic acids is 2. The van der Waals surface area contributed by atoms with Crippen LogP contribution >= 0.6 is 0 Å². The second-order valence-electron chi connectivity index (χ2n) is 7.72. The first-order valence-electron chi connectivity index (χ1n) is 10.0. The summed E-state index contributed by atoms with van der Waals surface area (Å²) in [5, 5.41) is 2.89. The van der Waals surface area contributed by atoms with Gasteiger partial charge in [0.25, 0.3) is 0 Å². The van der Waals surface area contributed by atoms with Crippen molar-refractivity contribution in [2.45, 2.75) is 32.2 Å². The van der Waals surface area contributed by atoms with Gasteiger partial charge in [-0.15, -0.1) is 0 Å². The molecule has 6 nitrogen and oxygen atoms in total. The molecule has 1 aliphatic carbocycles. The van der Waals surface area contributed by atoms with Crippen molar-refractivity contribution in [2.75, 3.05) is 25.2 Å². The first kappa shape index (κ1) is 19.3. The van der Waals surface area contributed by atoms with Gasteiger partial charge in [0.1, 0.15) is 23.5 Å². The number of para-hydroxylation sites is 1. The summed E-state index contributed by atoms with van der Waals surface area (Å²) in [6.45, 7) is 2.73. The van der Waals surface area contributed by atoms with Crippen molar-refractivity contribution >= 4 is 17.5 Å². The molecule has 2 amide bonds. The molecule has 2 aromatic rings. The minimum atomic E-state index is -0.925. The molecule has 1 unspecified atom stereocenters. The Balaban J connectivity index is 1.33.